The van der Waals surface area contributed by atoms with E-state index in [-0.39, 0.29) is 12.4 Å². The molecule has 0 amide bonds. The van der Waals surface area contributed by atoms with Crippen LogP contribution in [0.3, 0.4) is 0 Å². The average molecular weight is 334 g/mol. The topological polar surface area (TPSA) is 30.5 Å². The SMILES string of the molecule is COc1cccc(CNCc2ccc3c(c2)CCC3)c1OC.Cl. The van der Waals surface area contributed by atoms with Gasteiger partial charge in [0.1, 0.15) is 0 Å². The summed E-state index contributed by atoms with van der Waals surface area (Å²) in [7, 11) is 3.35. The molecular weight excluding hydrogens is 310 g/mol. The van der Waals surface area contributed by atoms with E-state index in [2.05, 4.69) is 29.6 Å². The molecule has 0 atom stereocenters. The van der Waals surface area contributed by atoms with Crippen molar-refractivity contribution in [2.45, 2.75) is 32.4 Å². The van der Waals surface area contributed by atoms with Crippen LogP contribution in [0.4, 0.5) is 0 Å². The zero-order valence-electron chi connectivity index (χ0n) is 13.7. The fourth-order valence-electron chi connectivity index (χ4n) is 3.17. The lowest BCUT2D eigenvalue weighted by molar-refractivity contribution is 0.350. The van der Waals surface area contributed by atoms with Gasteiger partial charge < -0.3 is 14.8 Å². The highest BCUT2D eigenvalue weighted by atomic mass is 35.5. The Hall–Kier alpha value is -1.71. The normalized spacial score (nSPS) is 12.4. The summed E-state index contributed by atoms with van der Waals surface area (Å²) in [4.78, 5) is 0. The van der Waals surface area contributed by atoms with Crippen molar-refractivity contribution in [1.82, 2.24) is 5.32 Å². The Morgan fingerprint density at radius 3 is 2.57 bits per heavy atom. The Morgan fingerprint density at radius 1 is 0.957 bits per heavy atom. The second kappa shape index (κ2) is 8.23. The van der Waals surface area contributed by atoms with Crippen molar-refractivity contribution < 1.29 is 9.47 Å². The molecular formula is C19H24ClNO2. The quantitative estimate of drug-likeness (QED) is 0.869. The summed E-state index contributed by atoms with van der Waals surface area (Å²) in [6.45, 7) is 1.63. The van der Waals surface area contributed by atoms with Gasteiger partial charge in [0.25, 0.3) is 0 Å². The molecule has 0 radical (unpaired) electrons. The van der Waals surface area contributed by atoms with E-state index in [4.69, 9.17) is 9.47 Å². The number of hydrogen-bond acceptors (Lipinski definition) is 3. The van der Waals surface area contributed by atoms with Crippen LogP contribution in [0, 0.1) is 0 Å². The van der Waals surface area contributed by atoms with Gasteiger partial charge in [-0.25, -0.2) is 0 Å². The first kappa shape index (κ1) is 17.6. The van der Waals surface area contributed by atoms with E-state index in [0.717, 1.165) is 30.2 Å². The smallest absolute Gasteiger partial charge is 0.165 e. The van der Waals surface area contributed by atoms with Crippen molar-refractivity contribution in [2.24, 2.45) is 0 Å². The third kappa shape index (κ3) is 3.98. The van der Waals surface area contributed by atoms with Crippen LogP contribution in [-0.4, -0.2) is 14.2 Å². The Morgan fingerprint density at radius 2 is 1.78 bits per heavy atom. The number of hydrogen-bond donors (Lipinski definition) is 1. The second-order valence-electron chi connectivity index (χ2n) is 5.71. The lowest BCUT2D eigenvalue weighted by Crippen LogP contribution is -2.13. The maximum absolute atomic E-state index is 5.47. The highest BCUT2D eigenvalue weighted by Crippen LogP contribution is 2.30. The predicted molar refractivity (Wildman–Crippen MR) is 95.8 cm³/mol. The van der Waals surface area contributed by atoms with Gasteiger partial charge in [0, 0.05) is 18.7 Å². The number of halogens is 1. The first-order chi connectivity index (χ1) is 10.8. The number of benzene rings is 2. The Bertz CT molecular complexity index is 658. The lowest BCUT2D eigenvalue weighted by atomic mass is 10.1. The predicted octanol–water partition coefficient (Wildman–Crippen LogP) is 3.90. The maximum atomic E-state index is 5.47. The van der Waals surface area contributed by atoms with Gasteiger partial charge in [0.2, 0.25) is 0 Å². The number of rotatable bonds is 6. The molecule has 124 valence electrons. The molecule has 0 saturated heterocycles. The standard InChI is InChI=1S/C19H23NO2.ClH/c1-21-18-8-4-7-17(19(18)22-2)13-20-12-14-9-10-15-5-3-6-16(15)11-14;/h4,7-11,20H,3,5-6,12-13H2,1-2H3;1H. The summed E-state index contributed by atoms with van der Waals surface area (Å²) in [5.74, 6) is 1.59. The molecule has 0 fully saturated rings. The van der Waals surface area contributed by atoms with E-state index < -0.39 is 0 Å². The van der Waals surface area contributed by atoms with Gasteiger partial charge in [-0.05, 0) is 42.0 Å². The molecule has 0 saturated carbocycles. The van der Waals surface area contributed by atoms with Crippen molar-refractivity contribution in [1.29, 1.82) is 0 Å². The molecule has 1 N–H and O–H groups in total. The van der Waals surface area contributed by atoms with Gasteiger partial charge in [-0.1, -0.05) is 30.3 Å². The third-order valence-electron chi connectivity index (χ3n) is 4.29. The number of ether oxygens (including phenoxy) is 2. The summed E-state index contributed by atoms with van der Waals surface area (Å²) in [5.41, 5.74) is 5.52. The molecule has 0 bridgehead atoms. The van der Waals surface area contributed by atoms with Crippen LogP contribution in [0.1, 0.15) is 28.7 Å². The highest BCUT2D eigenvalue weighted by Gasteiger charge is 2.11. The molecule has 2 aromatic rings. The van der Waals surface area contributed by atoms with Crippen molar-refractivity contribution in [3.05, 3.63) is 58.7 Å². The number of para-hydroxylation sites is 1. The number of nitrogens with one attached hydrogen (secondary N) is 1. The number of methoxy groups -OCH3 is 2. The maximum Gasteiger partial charge on any atom is 0.165 e. The van der Waals surface area contributed by atoms with E-state index in [1.165, 1.54) is 36.0 Å². The lowest BCUT2D eigenvalue weighted by Gasteiger charge is -2.13. The van der Waals surface area contributed by atoms with E-state index in [9.17, 15) is 0 Å². The molecule has 2 aromatic carbocycles. The summed E-state index contributed by atoms with van der Waals surface area (Å²) in [6, 6.07) is 12.8. The molecule has 4 heteroatoms. The first-order valence-corrected chi connectivity index (χ1v) is 7.83. The van der Waals surface area contributed by atoms with E-state index in [1.807, 2.05) is 12.1 Å². The fourth-order valence-corrected chi connectivity index (χ4v) is 3.17. The minimum Gasteiger partial charge on any atom is -0.493 e. The Balaban J connectivity index is 0.00000192. The van der Waals surface area contributed by atoms with Gasteiger partial charge in [-0.3, -0.25) is 0 Å². The van der Waals surface area contributed by atoms with Crippen molar-refractivity contribution in [3.63, 3.8) is 0 Å². The highest BCUT2D eigenvalue weighted by molar-refractivity contribution is 5.85. The Kier molecular flexibility index (Phi) is 6.31. The van der Waals surface area contributed by atoms with Crippen molar-refractivity contribution in [3.8, 4) is 11.5 Å². The Labute approximate surface area is 144 Å². The van der Waals surface area contributed by atoms with Gasteiger partial charge >= 0.3 is 0 Å². The average Bonchev–Trinajstić information content (AvgIpc) is 3.02. The fraction of sp³-hybridized carbons (Fsp3) is 0.368. The molecule has 23 heavy (non-hydrogen) atoms. The van der Waals surface area contributed by atoms with Crippen LogP contribution in [-0.2, 0) is 25.9 Å². The zero-order chi connectivity index (χ0) is 15.4. The van der Waals surface area contributed by atoms with Crippen molar-refractivity contribution in [2.75, 3.05) is 14.2 Å². The molecule has 0 aromatic heterocycles. The summed E-state index contributed by atoms with van der Waals surface area (Å²) in [6.07, 6.45) is 3.77. The van der Waals surface area contributed by atoms with E-state index in [1.54, 1.807) is 14.2 Å². The van der Waals surface area contributed by atoms with Gasteiger partial charge in [0.15, 0.2) is 11.5 Å². The number of aryl methyl sites for hydroxylation is 2. The summed E-state index contributed by atoms with van der Waals surface area (Å²) >= 11 is 0. The van der Waals surface area contributed by atoms with Crippen LogP contribution >= 0.6 is 12.4 Å². The zero-order valence-corrected chi connectivity index (χ0v) is 14.5. The second-order valence-corrected chi connectivity index (χ2v) is 5.71. The van der Waals surface area contributed by atoms with Crippen LogP contribution in [0.25, 0.3) is 0 Å². The molecule has 0 heterocycles. The molecule has 0 unspecified atom stereocenters. The summed E-state index contributed by atoms with van der Waals surface area (Å²) < 4.78 is 10.8. The minimum atomic E-state index is 0. The van der Waals surface area contributed by atoms with Crippen molar-refractivity contribution >= 4 is 12.4 Å². The van der Waals surface area contributed by atoms with Crippen LogP contribution in [0.2, 0.25) is 0 Å². The van der Waals surface area contributed by atoms with Crippen LogP contribution < -0.4 is 14.8 Å². The van der Waals surface area contributed by atoms with Crippen LogP contribution in [0.5, 0.6) is 11.5 Å². The van der Waals surface area contributed by atoms with Gasteiger partial charge in [0.05, 0.1) is 14.2 Å². The number of fused-ring (bicyclic) bond motifs is 1. The largest absolute Gasteiger partial charge is 0.493 e. The summed E-state index contributed by atoms with van der Waals surface area (Å²) in [5, 5.41) is 3.50. The van der Waals surface area contributed by atoms with Gasteiger partial charge in [-0.2, -0.15) is 0 Å². The first-order valence-electron chi connectivity index (χ1n) is 7.83. The monoisotopic (exact) mass is 333 g/mol. The molecule has 0 spiro atoms. The molecule has 1 aliphatic carbocycles. The third-order valence-corrected chi connectivity index (χ3v) is 4.29. The van der Waals surface area contributed by atoms with Gasteiger partial charge in [-0.15, -0.1) is 12.4 Å². The van der Waals surface area contributed by atoms with E-state index >= 15 is 0 Å². The molecule has 3 rings (SSSR count). The molecule has 3 nitrogen and oxygen atoms in total. The molecule has 0 aliphatic heterocycles. The van der Waals surface area contributed by atoms with E-state index in [0.29, 0.717) is 0 Å². The molecule has 1 aliphatic rings. The van der Waals surface area contributed by atoms with Crippen LogP contribution in [0.15, 0.2) is 36.4 Å². The minimum absolute atomic E-state index is 0.